The average molecular weight is 480 g/mol. The van der Waals surface area contributed by atoms with E-state index in [1.165, 1.54) is 12.1 Å². The fourth-order valence-electron chi connectivity index (χ4n) is 3.81. The predicted molar refractivity (Wildman–Crippen MR) is 107 cm³/mol. The van der Waals surface area contributed by atoms with Crippen molar-refractivity contribution in [3.63, 3.8) is 0 Å². The maximum Gasteiger partial charge on any atom is 0.207 e. The summed E-state index contributed by atoms with van der Waals surface area (Å²) in [5.41, 5.74) is -8.92. The molecule has 0 saturated carbocycles. The molecule has 4 atom stereocenters. The molecule has 162 valence electrons. The highest BCUT2D eigenvalue weighted by molar-refractivity contribution is 6.42. The van der Waals surface area contributed by atoms with Crippen molar-refractivity contribution in [2.24, 2.45) is 0 Å². The molecular formula is C18H17Cl3N2O7. The second-order valence-corrected chi connectivity index (χ2v) is 8.33. The van der Waals surface area contributed by atoms with Crippen LogP contribution in [-0.2, 0) is 19.1 Å². The minimum absolute atomic E-state index is 0.0891. The molecule has 0 radical (unpaired) electrons. The summed E-state index contributed by atoms with van der Waals surface area (Å²) >= 11 is 18.3. The van der Waals surface area contributed by atoms with Crippen LogP contribution in [0.5, 0.6) is 0 Å². The number of carbonyl (C=O) groups excluding carboxylic acids is 3. The van der Waals surface area contributed by atoms with Crippen LogP contribution in [0.25, 0.3) is 11.0 Å². The number of aromatic nitrogens is 2. The molecule has 1 fully saturated rings. The fourth-order valence-corrected chi connectivity index (χ4v) is 4.40. The molecule has 0 spiro atoms. The second kappa shape index (κ2) is 7.23. The average Bonchev–Trinajstić information content (AvgIpc) is 2.94. The number of halogens is 3. The Balaban J connectivity index is 2.38. The molecular weight excluding hydrogens is 463 g/mol. The van der Waals surface area contributed by atoms with E-state index in [1.807, 2.05) is 0 Å². The van der Waals surface area contributed by atoms with Gasteiger partial charge in [0.05, 0.1) is 27.7 Å². The summed E-state index contributed by atoms with van der Waals surface area (Å²) < 4.78 is 6.51. The molecule has 0 aliphatic carbocycles. The minimum Gasteiger partial charge on any atom is -0.376 e. The Morgan fingerprint density at radius 1 is 1.03 bits per heavy atom. The maximum absolute atomic E-state index is 12.6. The molecule has 1 aliphatic rings. The lowest BCUT2D eigenvalue weighted by Gasteiger charge is -2.54. The van der Waals surface area contributed by atoms with Gasteiger partial charge in [-0.1, -0.05) is 23.2 Å². The number of imidazole rings is 1. The Hall–Kier alpha value is -1.59. The quantitative estimate of drug-likeness (QED) is 0.599. The van der Waals surface area contributed by atoms with Crippen molar-refractivity contribution in [2.75, 3.05) is 6.61 Å². The number of ketones is 3. The van der Waals surface area contributed by atoms with E-state index < -0.39 is 47.0 Å². The Kier molecular flexibility index (Phi) is 5.57. The number of hydrogen-bond donors (Lipinski definition) is 3. The molecule has 2 heterocycles. The fraction of sp³-hybridized carbons (Fsp3) is 0.444. The molecule has 3 N–H and O–H groups in total. The van der Waals surface area contributed by atoms with Gasteiger partial charge in [-0.15, -0.1) is 0 Å². The Labute approximate surface area is 185 Å². The number of fused-ring (bicyclic) bond motifs is 1. The first kappa shape index (κ1) is 23.1. The van der Waals surface area contributed by atoms with Gasteiger partial charge < -0.3 is 20.1 Å². The van der Waals surface area contributed by atoms with Gasteiger partial charge in [0.25, 0.3) is 0 Å². The molecule has 1 aliphatic heterocycles. The van der Waals surface area contributed by atoms with Gasteiger partial charge in [0, 0.05) is 0 Å². The monoisotopic (exact) mass is 478 g/mol. The number of carbonyl (C=O) groups is 3. The standard InChI is InChI=1S/C18H17Cl3N2O7/c1-7(24)16(27)6-30-14(17(28,8(2)25)18(16,29)9(3)26)23-13-5-11(20)10(19)4-12(13)22-15(23)21/h4-5,14,27-29H,6H2,1-3H3/t14-,16+,17-,18+/m1/s1. The van der Waals surface area contributed by atoms with Crippen LogP contribution in [0, 0.1) is 0 Å². The summed E-state index contributed by atoms with van der Waals surface area (Å²) in [5.74, 6) is -3.48. The van der Waals surface area contributed by atoms with Crippen molar-refractivity contribution in [1.82, 2.24) is 9.55 Å². The van der Waals surface area contributed by atoms with Crippen LogP contribution in [0.15, 0.2) is 12.1 Å². The first-order valence-electron chi connectivity index (χ1n) is 8.57. The third-order valence-electron chi connectivity index (χ3n) is 5.51. The Morgan fingerprint density at radius 2 is 1.60 bits per heavy atom. The molecule has 9 nitrogen and oxygen atoms in total. The van der Waals surface area contributed by atoms with Crippen molar-refractivity contribution < 1.29 is 34.4 Å². The molecule has 2 aromatic rings. The number of rotatable bonds is 4. The van der Waals surface area contributed by atoms with Crippen LogP contribution >= 0.6 is 34.8 Å². The van der Waals surface area contributed by atoms with E-state index in [0.29, 0.717) is 0 Å². The van der Waals surface area contributed by atoms with Crippen LogP contribution in [0.2, 0.25) is 15.3 Å². The summed E-state index contributed by atoms with van der Waals surface area (Å²) in [6.07, 6.45) is -1.85. The van der Waals surface area contributed by atoms with Gasteiger partial charge in [-0.25, -0.2) is 4.98 Å². The van der Waals surface area contributed by atoms with Gasteiger partial charge in [0.2, 0.25) is 16.5 Å². The lowest BCUT2D eigenvalue weighted by molar-refractivity contribution is -0.310. The first-order chi connectivity index (χ1) is 13.7. The normalized spacial score (nSPS) is 31.7. The topological polar surface area (TPSA) is 139 Å². The molecule has 1 aromatic carbocycles. The Bertz CT molecular complexity index is 1100. The number of benzene rings is 1. The van der Waals surface area contributed by atoms with Gasteiger partial charge in [-0.2, -0.15) is 0 Å². The SMILES string of the molecule is CC(=O)[C@@]1(O)[C@@](O)(C(C)=O)[C@H](n2c(Cl)nc3cc(Cl)c(Cl)cc32)OC[C@]1(O)C(C)=O. The molecule has 30 heavy (non-hydrogen) atoms. The van der Waals surface area contributed by atoms with Crippen molar-refractivity contribution >= 4 is 63.2 Å². The molecule has 12 heteroatoms. The lowest BCUT2D eigenvalue weighted by atomic mass is 9.63. The zero-order chi connectivity index (χ0) is 22.8. The molecule has 3 rings (SSSR count). The number of aliphatic hydroxyl groups is 3. The summed E-state index contributed by atoms with van der Waals surface area (Å²) in [6.45, 7) is 1.66. The Morgan fingerprint density at radius 3 is 2.10 bits per heavy atom. The number of nitrogens with zero attached hydrogens (tertiary/aromatic N) is 2. The van der Waals surface area contributed by atoms with E-state index in [0.717, 1.165) is 25.3 Å². The summed E-state index contributed by atoms with van der Waals surface area (Å²) in [7, 11) is 0. The van der Waals surface area contributed by atoms with Gasteiger partial charge >= 0.3 is 0 Å². The van der Waals surface area contributed by atoms with E-state index in [4.69, 9.17) is 39.5 Å². The van der Waals surface area contributed by atoms with Crippen LogP contribution in [-0.4, -0.2) is 65.6 Å². The third-order valence-corrected chi connectivity index (χ3v) is 6.50. The second-order valence-electron chi connectivity index (χ2n) is 7.17. The molecule has 1 aromatic heterocycles. The maximum atomic E-state index is 12.6. The molecule has 0 amide bonds. The molecule has 1 saturated heterocycles. The van der Waals surface area contributed by atoms with E-state index in [2.05, 4.69) is 4.98 Å². The van der Waals surface area contributed by atoms with Crippen LogP contribution < -0.4 is 0 Å². The van der Waals surface area contributed by atoms with E-state index in [-0.39, 0.29) is 26.4 Å². The number of ether oxygens (including phenoxy) is 1. The molecule has 0 bridgehead atoms. The highest BCUT2D eigenvalue weighted by Crippen LogP contribution is 2.49. The highest BCUT2D eigenvalue weighted by Gasteiger charge is 2.75. The summed E-state index contributed by atoms with van der Waals surface area (Å²) in [5, 5.41) is 33.5. The van der Waals surface area contributed by atoms with Crippen molar-refractivity contribution in [2.45, 2.75) is 43.8 Å². The van der Waals surface area contributed by atoms with Crippen LogP contribution in [0.3, 0.4) is 0 Å². The van der Waals surface area contributed by atoms with Gasteiger partial charge in [-0.05, 0) is 44.5 Å². The van der Waals surface area contributed by atoms with Crippen molar-refractivity contribution in [3.8, 4) is 0 Å². The molecule has 0 unspecified atom stereocenters. The van der Waals surface area contributed by atoms with Gasteiger partial charge in [0.1, 0.15) is 0 Å². The lowest BCUT2D eigenvalue weighted by Crippen LogP contribution is -2.82. The van der Waals surface area contributed by atoms with E-state index >= 15 is 0 Å². The minimum atomic E-state index is -3.25. The van der Waals surface area contributed by atoms with Gasteiger partial charge in [0.15, 0.2) is 29.2 Å². The van der Waals surface area contributed by atoms with E-state index in [1.54, 1.807) is 0 Å². The van der Waals surface area contributed by atoms with Crippen molar-refractivity contribution in [1.29, 1.82) is 0 Å². The van der Waals surface area contributed by atoms with Crippen molar-refractivity contribution in [3.05, 3.63) is 27.5 Å². The number of Topliss-reactive ketones (excluding diaryl/α,β-unsaturated/α-hetero) is 3. The first-order valence-corrected chi connectivity index (χ1v) is 9.71. The predicted octanol–water partition coefficient (Wildman–Crippen LogP) is 1.49. The largest absolute Gasteiger partial charge is 0.376 e. The van der Waals surface area contributed by atoms with E-state index in [9.17, 15) is 29.7 Å². The third kappa shape index (κ3) is 2.77. The van der Waals surface area contributed by atoms with Gasteiger partial charge in [-0.3, -0.25) is 19.0 Å². The summed E-state index contributed by atoms with van der Waals surface area (Å²) in [6, 6.07) is 2.71. The smallest absolute Gasteiger partial charge is 0.207 e. The zero-order valence-corrected chi connectivity index (χ0v) is 18.2. The number of hydrogen-bond acceptors (Lipinski definition) is 8. The highest BCUT2D eigenvalue weighted by atomic mass is 35.5. The van der Waals surface area contributed by atoms with Crippen LogP contribution in [0.4, 0.5) is 0 Å². The zero-order valence-electron chi connectivity index (χ0n) is 15.9. The van der Waals surface area contributed by atoms with Crippen LogP contribution in [0.1, 0.15) is 27.0 Å². The summed E-state index contributed by atoms with van der Waals surface area (Å²) in [4.78, 5) is 41.4.